The van der Waals surface area contributed by atoms with Gasteiger partial charge < -0.3 is 10.2 Å². The first-order chi connectivity index (χ1) is 6.54. The largest absolute Gasteiger partial charge is 0.392 e. The van der Waals surface area contributed by atoms with Gasteiger partial charge >= 0.3 is 0 Å². The smallest absolute Gasteiger partial charge is 0.106 e. The molecule has 0 aromatic carbocycles. The molecule has 2 rings (SSSR count). The van der Waals surface area contributed by atoms with Crippen molar-refractivity contribution in [2.75, 3.05) is 0 Å². The molecular formula is C10H12BrNO2. The molecule has 76 valence electrons. The molecule has 1 aliphatic rings. The van der Waals surface area contributed by atoms with E-state index in [1.165, 1.54) is 0 Å². The van der Waals surface area contributed by atoms with Crippen molar-refractivity contribution in [1.29, 1.82) is 0 Å². The minimum atomic E-state index is -0.844. The highest BCUT2D eigenvalue weighted by Crippen LogP contribution is 2.37. The van der Waals surface area contributed by atoms with Crippen LogP contribution < -0.4 is 0 Å². The van der Waals surface area contributed by atoms with Gasteiger partial charge in [0.2, 0.25) is 0 Å². The van der Waals surface area contributed by atoms with Crippen LogP contribution in [0.5, 0.6) is 0 Å². The quantitative estimate of drug-likeness (QED) is 0.750. The van der Waals surface area contributed by atoms with E-state index in [1.807, 2.05) is 0 Å². The second kappa shape index (κ2) is 3.29. The number of aliphatic hydroxyl groups is 2. The number of rotatable bonds is 1. The van der Waals surface area contributed by atoms with Gasteiger partial charge in [-0.2, -0.15) is 0 Å². The zero-order valence-electron chi connectivity index (χ0n) is 7.92. The van der Waals surface area contributed by atoms with Crippen molar-refractivity contribution in [3.05, 3.63) is 27.5 Å². The number of hydrogen-bond acceptors (Lipinski definition) is 3. The molecule has 1 heterocycles. The summed E-state index contributed by atoms with van der Waals surface area (Å²) in [7, 11) is 0. The molecule has 1 unspecified atom stereocenters. The summed E-state index contributed by atoms with van der Waals surface area (Å²) in [6, 6.07) is 1.81. The Morgan fingerprint density at radius 3 is 3.00 bits per heavy atom. The molecule has 4 heteroatoms. The van der Waals surface area contributed by atoms with Gasteiger partial charge in [0.15, 0.2) is 0 Å². The predicted molar refractivity (Wildman–Crippen MR) is 55.8 cm³/mol. The Morgan fingerprint density at radius 1 is 1.64 bits per heavy atom. The summed E-state index contributed by atoms with van der Waals surface area (Å²) in [6.45, 7) is 1.76. The fraction of sp³-hybridized carbons (Fsp3) is 0.500. The molecular weight excluding hydrogens is 246 g/mol. The van der Waals surface area contributed by atoms with Crippen molar-refractivity contribution < 1.29 is 10.2 Å². The van der Waals surface area contributed by atoms with Crippen molar-refractivity contribution in [3.8, 4) is 0 Å². The van der Waals surface area contributed by atoms with Crippen molar-refractivity contribution in [1.82, 2.24) is 4.98 Å². The van der Waals surface area contributed by atoms with Gasteiger partial charge in [-0.1, -0.05) is 0 Å². The van der Waals surface area contributed by atoms with E-state index in [0.717, 1.165) is 17.5 Å². The normalized spacial score (nSPS) is 25.1. The standard InChI is InChI=1S/C10H12BrNO2/c1-10(14)3-2-7-6(5-13)4-8(11)12-9(7)10/h4,13-14H,2-3,5H2,1H3. The van der Waals surface area contributed by atoms with Crippen LogP contribution in [0.15, 0.2) is 10.7 Å². The van der Waals surface area contributed by atoms with Crippen LogP contribution in [-0.2, 0) is 18.6 Å². The summed E-state index contributed by atoms with van der Waals surface area (Å²) in [5.41, 5.74) is 1.72. The molecule has 0 spiro atoms. The fourth-order valence-electron chi connectivity index (χ4n) is 1.94. The average Bonchev–Trinajstić information content (AvgIpc) is 2.42. The second-order valence-electron chi connectivity index (χ2n) is 3.86. The van der Waals surface area contributed by atoms with Crippen LogP contribution in [0.2, 0.25) is 0 Å². The number of halogens is 1. The van der Waals surface area contributed by atoms with Crippen molar-refractivity contribution in [3.63, 3.8) is 0 Å². The molecule has 1 aromatic heterocycles. The van der Waals surface area contributed by atoms with Gasteiger partial charge in [0.05, 0.1) is 12.3 Å². The molecule has 2 N–H and O–H groups in total. The molecule has 0 amide bonds. The Labute approximate surface area is 90.9 Å². The summed E-state index contributed by atoms with van der Waals surface area (Å²) in [5.74, 6) is 0. The Balaban J connectivity index is 2.62. The number of fused-ring (bicyclic) bond motifs is 1. The first kappa shape index (κ1) is 10.1. The van der Waals surface area contributed by atoms with E-state index in [2.05, 4.69) is 20.9 Å². The third kappa shape index (κ3) is 1.47. The van der Waals surface area contributed by atoms with Gasteiger partial charge in [0, 0.05) is 0 Å². The van der Waals surface area contributed by atoms with Gasteiger partial charge in [-0.15, -0.1) is 0 Å². The summed E-state index contributed by atoms with van der Waals surface area (Å²) in [4.78, 5) is 4.27. The molecule has 0 saturated carbocycles. The minimum absolute atomic E-state index is 0.000463. The lowest BCUT2D eigenvalue weighted by Gasteiger charge is -2.17. The highest BCUT2D eigenvalue weighted by molar-refractivity contribution is 9.10. The Hall–Kier alpha value is -0.450. The first-order valence-corrected chi connectivity index (χ1v) is 5.36. The summed E-state index contributed by atoms with van der Waals surface area (Å²) in [5, 5.41) is 19.2. The second-order valence-corrected chi connectivity index (χ2v) is 4.68. The molecule has 0 saturated heterocycles. The van der Waals surface area contributed by atoms with Crippen LogP contribution >= 0.6 is 15.9 Å². The van der Waals surface area contributed by atoms with Crippen molar-refractivity contribution in [2.45, 2.75) is 32.0 Å². The zero-order chi connectivity index (χ0) is 10.3. The summed E-state index contributed by atoms with van der Waals surface area (Å²) >= 11 is 3.27. The van der Waals surface area contributed by atoms with Gasteiger partial charge in [-0.3, -0.25) is 0 Å². The monoisotopic (exact) mass is 257 g/mol. The fourth-order valence-corrected chi connectivity index (χ4v) is 2.40. The van der Waals surface area contributed by atoms with Gasteiger partial charge in [-0.25, -0.2) is 4.98 Å². The Bertz CT molecular complexity index is 377. The minimum Gasteiger partial charge on any atom is -0.392 e. The van der Waals surface area contributed by atoms with Crippen LogP contribution in [0, 0.1) is 0 Å². The van der Waals surface area contributed by atoms with E-state index in [1.54, 1.807) is 13.0 Å². The van der Waals surface area contributed by atoms with Crippen LogP contribution in [0.1, 0.15) is 30.2 Å². The van der Waals surface area contributed by atoms with Crippen LogP contribution in [-0.4, -0.2) is 15.2 Å². The lowest BCUT2D eigenvalue weighted by Crippen LogP contribution is -2.18. The van der Waals surface area contributed by atoms with E-state index >= 15 is 0 Å². The van der Waals surface area contributed by atoms with Crippen molar-refractivity contribution >= 4 is 15.9 Å². The zero-order valence-corrected chi connectivity index (χ0v) is 9.50. The highest BCUT2D eigenvalue weighted by atomic mass is 79.9. The maximum Gasteiger partial charge on any atom is 0.106 e. The molecule has 1 aromatic rings. The highest BCUT2D eigenvalue weighted by Gasteiger charge is 2.35. The number of nitrogens with zero attached hydrogens (tertiary/aromatic N) is 1. The lowest BCUT2D eigenvalue weighted by molar-refractivity contribution is 0.0552. The predicted octanol–water partition coefficient (Wildman–Crippen LogP) is 1.49. The Kier molecular flexibility index (Phi) is 2.37. The van der Waals surface area contributed by atoms with E-state index in [-0.39, 0.29) is 6.61 Å². The third-order valence-corrected chi connectivity index (χ3v) is 3.13. The van der Waals surface area contributed by atoms with E-state index in [9.17, 15) is 5.11 Å². The SMILES string of the molecule is CC1(O)CCc2c(CO)cc(Br)nc21. The molecule has 3 nitrogen and oxygen atoms in total. The molecule has 0 bridgehead atoms. The van der Waals surface area contributed by atoms with Crippen LogP contribution in [0.3, 0.4) is 0 Å². The van der Waals surface area contributed by atoms with E-state index in [4.69, 9.17) is 5.11 Å². The number of hydrogen-bond donors (Lipinski definition) is 2. The van der Waals surface area contributed by atoms with Crippen molar-refractivity contribution in [2.24, 2.45) is 0 Å². The average molecular weight is 258 g/mol. The maximum absolute atomic E-state index is 10.0. The third-order valence-electron chi connectivity index (χ3n) is 2.73. The first-order valence-electron chi connectivity index (χ1n) is 4.56. The van der Waals surface area contributed by atoms with E-state index < -0.39 is 5.60 Å². The Morgan fingerprint density at radius 2 is 2.36 bits per heavy atom. The maximum atomic E-state index is 10.0. The lowest BCUT2D eigenvalue weighted by atomic mass is 10.0. The molecule has 0 fully saturated rings. The molecule has 14 heavy (non-hydrogen) atoms. The topological polar surface area (TPSA) is 53.4 Å². The van der Waals surface area contributed by atoms with Gasteiger partial charge in [0.1, 0.15) is 10.2 Å². The van der Waals surface area contributed by atoms with Gasteiger partial charge in [0.25, 0.3) is 0 Å². The molecule has 1 atom stereocenters. The molecule has 0 aliphatic heterocycles. The summed E-state index contributed by atoms with van der Waals surface area (Å²) in [6.07, 6.45) is 1.47. The number of aromatic nitrogens is 1. The summed E-state index contributed by atoms with van der Waals surface area (Å²) < 4.78 is 0.669. The molecule has 1 aliphatic carbocycles. The number of pyridine rings is 1. The van der Waals surface area contributed by atoms with E-state index in [0.29, 0.717) is 16.7 Å². The number of aliphatic hydroxyl groups excluding tert-OH is 1. The van der Waals surface area contributed by atoms with Crippen LogP contribution in [0.4, 0.5) is 0 Å². The van der Waals surface area contributed by atoms with Crippen LogP contribution in [0.25, 0.3) is 0 Å². The molecule has 0 radical (unpaired) electrons. The van der Waals surface area contributed by atoms with Gasteiger partial charge in [-0.05, 0) is 52.9 Å².